The molecule has 1 atom stereocenters. The number of alkyl halides is 2. The molecule has 0 bridgehead atoms. The van der Waals surface area contributed by atoms with Crippen LogP contribution in [0.25, 0.3) is 0 Å². The molecular weight excluding hydrogens is 310 g/mol. The van der Waals surface area contributed by atoms with Crippen LogP contribution < -0.4 is 16.8 Å². The molecule has 1 saturated carbocycles. The third-order valence-corrected chi connectivity index (χ3v) is 4.73. The normalized spacial score (nSPS) is 19.7. The second kappa shape index (κ2) is 11.3. The second-order valence-corrected chi connectivity index (χ2v) is 7.07. The summed E-state index contributed by atoms with van der Waals surface area (Å²) in [5, 5.41) is 1.83. The predicted molar refractivity (Wildman–Crippen MR) is 81.2 cm³/mol. The van der Waals surface area contributed by atoms with Crippen molar-refractivity contribution in [3.63, 3.8) is 0 Å². The molecule has 0 amide bonds. The quantitative estimate of drug-likeness (QED) is 0.254. The van der Waals surface area contributed by atoms with Crippen LogP contribution in [0.5, 0.6) is 0 Å². The van der Waals surface area contributed by atoms with Gasteiger partial charge in [0.05, 0.1) is 0 Å². The van der Waals surface area contributed by atoms with Crippen molar-refractivity contribution in [2.75, 3.05) is 24.8 Å². The van der Waals surface area contributed by atoms with Gasteiger partial charge in [-0.25, -0.2) is 4.67 Å². The number of hydrogen-bond donors (Lipinski definition) is 4. The Bertz CT molecular complexity index is 262. The minimum Gasteiger partial charge on any atom is -0.328 e. The summed E-state index contributed by atoms with van der Waals surface area (Å²) in [7, 11) is -3.62. The summed E-state index contributed by atoms with van der Waals surface area (Å²) in [6, 6.07) is 0.536. The third-order valence-electron chi connectivity index (χ3n) is 2.89. The minimum absolute atomic E-state index is 0.253. The molecule has 116 valence electrons. The molecule has 0 aliphatic heterocycles. The molecule has 1 aliphatic rings. The average molecular weight is 335 g/mol. The summed E-state index contributed by atoms with van der Waals surface area (Å²) >= 11 is 10.8. The molecule has 0 heterocycles. The molecule has 1 rings (SSSR count). The van der Waals surface area contributed by atoms with E-state index in [1.165, 1.54) is 36.8 Å². The fourth-order valence-corrected chi connectivity index (χ4v) is 3.34. The fraction of sp³-hybridized carbons (Fsp3) is 1.00. The first-order chi connectivity index (χ1) is 8.97. The Morgan fingerprint density at radius 3 is 1.95 bits per heavy atom. The molecule has 0 radical (unpaired) electrons. The van der Waals surface area contributed by atoms with Crippen molar-refractivity contribution in [3.05, 3.63) is 0 Å². The van der Waals surface area contributed by atoms with Crippen LogP contribution in [-0.2, 0) is 4.57 Å². The number of hydrazine groups is 1. The second-order valence-electron chi connectivity index (χ2n) is 4.40. The average Bonchev–Trinajstić information content (AvgIpc) is 2.40. The van der Waals surface area contributed by atoms with E-state index in [1.807, 2.05) is 5.20 Å². The van der Waals surface area contributed by atoms with E-state index < -0.39 is 7.67 Å². The van der Waals surface area contributed by atoms with Crippen molar-refractivity contribution in [1.29, 1.82) is 0 Å². The van der Waals surface area contributed by atoms with Crippen molar-refractivity contribution in [3.8, 4) is 0 Å². The van der Waals surface area contributed by atoms with Gasteiger partial charge in [0, 0.05) is 30.9 Å². The molecule has 0 aromatic heterocycles. The van der Waals surface area contributed by atoms with E-state index in [9.17, 15) is 9.46 Å². The van der Waals surface area contributed by atoms with E-state index in [2.05, 4.69) is 0 Å². The van der Waals surface area contributed by atoms with Crippen LogP contribution in [0.1, 0.15) is 32.1 Å². The lowest BCUT2D eigenvalue weighted by molar-refractivity contribution is 0.354. The Morgan fingerprint density at radius 2 is 1.68 bits per heavy atom. The zero-order valence-corrected chi connectivity index (χ0v) is 13.5. The van der Waals surface area contributed by atoms with Gasteiger partial charge in [0.25, 0.3) is 0 Å². The van der Waals surface area contributed by atoms with Crippen LogP contribution in [0.3, 0.4) is 0 Å². The number of halogens is 2. The maximum atomic E-state index is 11.2. The Morgan fingerprint density at radius 1 is 1.21 bits per heavy atom. The van der Waals surface area contributed by atoms with E-state index in [4.69, 9.17) is 34.8 Å². The summed E-state index contributed by atoms with van der Waals surface area (Å²) in [5.74, 6) is 5.38. The standard InChI is InChI=1S/C6H13N.C4H12Cl2N3O2P/c7-6-4-2-1-3-5-6;5-1-3-9(4-2-6)12(10,11)8-7/h6H,1-5,7H2;1-4,7H2,(H2,8,10,11). The molecule has 6 nitrogen and oxygen atoms in total. The van der Waals surface area contributed by atoms with Crippen LogP contribution >= 0.6 is 30.9 Å². The lowest BCUT2D eigenvalue weighted by atomic mass is 9.97. The van der Waals surface area contributed by atoms with E-state index in [0.717, 1.165) is 0 Å². The summed E-state index contributed by atoms with van der Waals surface area (Å²) in [5.41, 5.74) is 5.63. The van der Waals surface area contributed by atoms with Crippen molar-refractivity contribution < 1.29 is 9.46 Å². The fourth-order valence-electron chi connectivity index (χ4n) is 1.79. The summed E-state index contributed by atoms with van der Waals surface area (Å²) < 4.78 is 12.4. The van der Waals surface area contributed by atoms with Gasteiger partial charge in [-0.2, -0.15) is 5.20 Å². The molecule has 0 aromatic rings. The first kappa shape index (κ1) is 19.6. The molecule has 1 fully saturated rings. The summed E-state index contributed by atoms with van der Waals surface area (Å²) in [6.45, 7) is 0.540. The lowest BCUT2D eigenvalue weighted by Gasteiger charge is -2.24. The molecule has 6 N–H and O–H groups in total. The Balaban J connectivity index is 0.000000388. The monoisotopic (exact) mass is 334 g/mol. The molecule has 0 aromatic carbocycles. The molecule has 1 unspecified atom stereocenters. The SMILES string of the molecule is NC1CCCCC1.NNP(=O)(O)N(CCCl)CCCl. The highest BCUT2D eigenvalue weighted by Gasteiger charge is 2.25. The van der Waals surface area contributed by atoms with E-state index >= 15 is 0 Å². The Kier molecular flexibility index (Phi) is 11.7. The van der Waals surface area contributed by atoms with Crippen molar-refractivity contribution in [2.45, 2.75) is 38.1 Å². The van der Waals surface area contributed by atoms with Gasteiger partial charge in [0.1, 0.15) is 0 Å². The van der Waals surface area contributed by atoms with E-state index in [0.29, 0.717) is 6.04 Å². The zero-order valence-electron chi connectivity index (χ0n) is 11.1. The van der Waals surface area contributed by atoms with Gasteiger partial charge in [0.15, 0.2) is 0 Å². The van der Waals surface area contributed by atoms with Crippen LogP contribution in [0.4, 0.5) is 0 Å². The van der Waals surface area contributed by atoms with Crippen LogP contribution in [0.15, 0.2) is 0 Å². The maximum Gasteiger partial charge on any atom is 0.353 e. The lowest BCUT2D eigenvalue weighted by Crippen LogP contribution is -2.34. The molecule has 19 heavy (non-hydrogen) atoms. The highest BCUT2D eigenvalue weighted by molar-refractivity contribution is 7.53. The number of hydrogen-bond acceptors (Lipinski definition) is 3. The number of nitrogens with zero attached hydrogens (tertiary/aromatic N) is 1. The highest BCUT2D eigenvalue weighted by Crippen LogP contribution is 2.38. The smallest absolute Gasteiger partial charge is 0.328 e. The van der Waals surface area contributed by atoms with Gasteiger partial charge < -0.3 is 10.6 Å². The van der Waals surface area contributed by atoms with Crippen molar-refractivity contribution >= 4 is 30.9 Å². The molecule has 9 heteroatoms. The minimum atomic E-state index is -3.62. The van der Waals surface area contributed by atoms with Crippen molar-refractivity contribution in [1.82, 2.24) is 9.87 Å². The molecule has 0 spiro atoms. The first-order valence-corrected chi connectivity index (χ1v) is 9.09. The number of nitrogens with one attached hydrogen (secondary N) is 1. The van der Waals surface area contributed by atoms with Gasteiger partial charge in [-0.3, -0.25) is 10.4 Å². The Hall–Kier alpha value is 0.610. The third kappa shape index (κ3) is 9.21. The Labute approximate surface area is 125 Å². The highest BCUT2D eigenvalue weighted by atomic mass is 35.5. The molecular formula is C10H25Cl2N4O2P. The predicted octanol–water partition coefficient (Wildman–Crippen LogP) is 1.61. The van der Waals surface area contributed by atoms with Crippen LogP contribution in [-0.4, -0.2) is 40.5 Å². The first-order valence-electron chi connectivity index (χ1n) is 6.41. The topological polar surface area (TPSA) is 105 Å². The van der Waals surface area contributed by atoms with Gasteiger partial charge >= 0.3 is 7.67 Å². The summed E-state index contributed by atoms with van der Waals surface area (Å²) in [6.07, 6.45) is 6.66. The van der Waals surface area contributed by atoms with Gasteiger partial charge in [0.2, 0.25) is 0 Å². The van der Waals surface area contributed by atoms with Gasteiger partial charge in [-0.15, -0.1) is 23.2 Å². The molecule has 1 aliphatic carbocycles. The van der Waals surface area contributed by atoms with E-state index in [-0.39, 0.29) is 24.8 Å². The van der Waals surface area contributed by atoms with Crippen LogP contribution in [0.2, 0.25) is 0 Å². The number of rotatable bonds is 6. The van der Waals surface area contributed by atoms with Gasteiger partial charge in [-0.05, 0) is 12.8 Å². The number of nitrogens with two attached hydrogens (primary N) is 2. The molecule has 0 saturated heterocycles. The summed E-state index contributed by atoms with van der Waals surface area (Å²) in [4.78, 5) is 9.17. The van der Waals surface area contributed by atoms with E-state index in [1.54, 1.807) is 0 Å². The van der Waals surface area contributed by atoms with Crippen molar-refractivity contribution in [2.24, 2.45) is 11.6 Å². The zero-order chi connectivity index (χ0) is 14.7. The van der Waals surface area contributed by atoms with Crippen LogP contribution in [0, 0.1) is 0 Å². The van der Waals surface area contributed by atoms with Gasteiger partial charge in [-0.1, -0.05) is 19.3 Å². The maximum absolute atomic E-state index is 11.2. The largest absolute Gasteiger partial charge is 0.353 e.